The second-order valence-electron chi connectivity index (χ2n) is 4.26. The number of benzene rings is 2. The number of hydrogen-bond acceptors (Lipinski definition) is 4. The molecule has 2 aromatic rings. The Kier molecular flexibility index (Phi) is 4.73. The van der Waals surface area contributed by atoms with E-state index in [1.807, 2.05) is 6.07 Å². The van der Waals surface area contributed by atoms with Gasteiger partial charge in [-0.1, -0.05) is 18.2 Å². The van der Waals surface area contributed by atoms with Crippen LogP contribution in [0.3, 0.4) is 0 Å². The summed E-state index contributed by atoms with van der Waals surface area (Å²) in [6.45, 7) is -0.0198. The van der Waals surface area contributed by atoms with Crippen molar-refractivity contribution >= 4 is 11.9 Å². The number of nitriles is 1. The molecule has 0 aliphatic carbocycles. The summed E-state index contributed by atoms with van der Waals surface area (Å²) in [5, 5.41) is 17.6. The number of hydrogen-bond donors (Lipinski definition) is 1. The molecule has 4 heteroatoms. The van der Waals surface area contributed by atoms with Crippen molar-refractivity contribution in [2.75, 3.05) is 6.61 Å². The van der Waals surface area contributed by atoms with Gasteiger partial charge in [-0.2, -0.15) is 5.26 Å². The molecule has 0 unspecified atom stereocenters. The second-order valence-corrected chi connectivity index (χ2v) is 4.26. The molecule has 0 aromatic heterocycles. The Balaban J connectivity index is 2.03. The van der Waals surface area contributed by atoms with Crippen LogP contribution in [0.25, 0.3) is 6.08 Å². The third-order valence-electron chi connectivity index (χ3n) is 2.76. The number of phenols is 1. The van der Waals surface area contributed by atoms with E-state index in [1.165, 1.54) is 6.08 Å². The largest absolute Gasteiger partial charge is 0.508 e. The van der Waals surface area contributed by atoms with Gasteiger partial charge in [0.05, 0.1) is 0 Å². The lowest BCUT2D eigenvalue weighted by Gasteiger charge is -2.01. The van der Waals surface area contributed by atoms with Crippen LogP contribution in [0.5, 0.6) is 11.5 Å². The highest BCUT2D eigenvalue weighted by molar-refractivity contribution is 6.06. The molecule has 0 radical (unpaired) electrons. The van der Waals surface area contributed by atoms with Gasteiger partial charge < -0.3 is 9.84 Å². The lowest BCUT2D eigenvalue weighted by molar-refractivity contribution is 0.104. The molecule has 0 spiro atoms. The number of allylic oxidation sites excluding steroid dienone is 1. The normalized spacial score (nSPS) is 10.2. The van der Waals surface area contributed by atoms with Crippen LogP contribution in [-0.2, 0) is 0 Å². The first-order valence-corrected chi connectivity index (χ1v) is 6.30. The van der Waals surface area contributed by atoms with Crippen molar-refractivity contribution in [2.45, 2.75) is 0 Å². The van der Waals surface area contributed by atoms with Crippen molar-refractivity contribution in [3.63, 3.8) is 0 Å². The number of phenolic OH excluding ortho intramolecular Hbond substituents is 1. The van der Waals surface area contributed by atoms with E-state index in [0.717, 1.165) is 5.56 Å². The highest BCUT2D eigenvalue weighted by Crippen LogP contribution is 2.14. The third kappa shape index (κ3) is 4.22. The van der Waals surface area contributed by atoms with E-state index in [9.17, 15) is 9.90 Å². The van der Waals surface area contributed by atoms with Crippen LogP contribution >= 0.6 is 0 Å². The van der Waals surface area contributed by atoms with Crippen LogP contribution in [0.15, 0.2) is 54.6 Å². The van der Waals surface area contributed by atoms with Gasteiger partial charge in [-0.05, 0) is 48.0 Å². The van der Waals surface area contributed by atoms with Crippen LogP contribution in [0.4, 0.5) is 0 Å². The van der Waals surface area contributed by atoms with E-state index < -0.39 is 0 Å². The Bertz CT molecular complexity index is 679. The number of carbonyl (C=O) groups excluding carboxylic acids is 1. The molecular formula is C17H13NO3. The number of ether oxygens (including phenoxy) is 1. The molecule has 0 atom stereocenters. The first-order valence-electron chi connectivity index (χ1n) is 6.30. The molecule has 0 fully saturated rings. The van der Waals surface area contributed by atoms with Crippen molar-refractivity contribution in [1.82, 2.24) is 0 Å². The fourth-order valence-corrected chi connectivity index (χ4v) is 1.68. The summed E-state index contributed by atoms with van der Waals surface area (Å²) in [5.41, 5.74) is 1.37. The molecule has 0 saturated carbocycles. The number of ketones is 1. The molecule has 4 nitrogen and oxygen atoms in total. The Morgan fingerprint density at radius 1 is 1.14 bits per heavy atom. The van der Waals surface area contributed by atoms with Gasteiger partial charge >= 0.3 is 0 Å². The Morgan fingerprint density at radius 2 is 1.81 bits per heavy atom. The minimum atomic E-state index is -0.130. The molecule has 2 aromatic carbocycles. The summed E-state index contributed by atoms with van der Waals surface area (Å²) in [7, 11) is 0. The highest BCUT2D eigenvalue weighted by Gasteiger charge is 2.02. The SMILES string of the molecule is N#CCOc1ccc(C(=O)/C=C/c2ccc(O)cc2)cc1. The Hall–Kier alpha value is -3.06. The smallest absolute Gasteiger partial charge is 0.185 e. The molecule has 0 saturated heterocycles. The predicted molar refractivity (Wildman–Crippen MR) is 79.0 cm³/mol. The maximum atomic E-state index is 12.0. The molecule has 1 N–H and O–H groups in total. The average molecular weight is 279 g/mol. The summed E-state index contributed by atoms with van der Waals surface area (Å²) in [4.78, 5) is 12.0. The van der Waals surface area contributed by atoms with Gasteiger partial charge in [0, 0.05) is 5.56 Å². The highest BCUT2D eigenvalue weighted by atomic mass is 16.5. The second kappa shape index (κ2) is 6.92. The van der Waals surface area contributed by atoms with Crippen LogP contribution in [0, 0.1) is 11.3 Å². The van der Waals surface area contributed by atoms with Crippen LogP contribution < -0.4 is 4.74 Å². The maximum Gasteiger partial charge on any atom is 0.185 e. The zero-order valence-electron chi connectivity index (χ0n) is 11.2. The van der Waals surface area contributed by atoms with Crippen LogP contribution in [0.1, 0.15) is 15.9 Å². The van der Waals surface area contributed by atoms with Crippen molar-refractivity contribution in [2.24, 2.45) is 0 Å². The first-order chi connectivity index (χ1) is 10.2. The Morgan fingerprint density at radius 3 is 2.43 bits per heavy atom. The molecule has 0 amide bonds. The van der Waals surface area contributed by atoms with E-state index in [0.29, 0.717) is 11.3 Å². The number of carbonyl (C=O) groups is 1. The van der Waals surface area contributed by atoms with Crippen molar-refractivity contribution < 1.29 is 14.6 Å². The summed E-state index contributed by atoms with van der Waals surface area (Å²) >= 11 is 0. The first kappa shape index (κ1) is 14.4. The van der Waals surface area contributed by atoms with Gasteiger partial charge in [-0.25, -0.2) is 0 Å². The number of nitrogens with zero attached hydrogens (tertiary/aromatic N) is 1. The standard InChI is InChI=1S/C17H13NO3/c18-11-12-21-16-8-4-14(5-9-16)17(20)10-3-13-1-6-15(19)7-2-13/h1-10,19H,12H2/b10-3+. The van der Waals surface area contributed by atoms with E-state index >= 15 is 0 Å². The van der Waals surface area contributed by atoms with Crippen molar-refractivity contribution in [3.05, 3.63) is 65.7 Å². The van der Waals surface area contributed by atoms with Gasteiger partial charge in [0.15, 0.2) is 12.4 Å². The summed E-state index contributed by atoms with van der Waals surface area (Å²) in [5.74, 6) is 0.608. The predicted octanol–water partition coefficient (Wildman–Crippen LogP) is 3.19. The quantitative estimate of drug-likeness (QED) is 0.674. The van der Waals surface area contributed by atoms with Gasteiger partial charge in [-0.15, -0.1) is 0 Å². The van der Waals surface area contributed by atoms with Crippen LogP contribution in [-0.4, -0.2) is 17.5 Å². The third-order valence-corrected chi connectivity index (χ3v) is 2.76. The van der Waals surface area contributed by atoms with E-state index in [4.69, 9.17) is 10.00 Å². The number of aromatic hydroxyl groups is 1. The summed E-state index contributed by atoms with van der Waals surface area (Å²) in [6.07, 6.45) is 3.15. The molecule has 2 rings (SSSR count). The molecular weight excluding hydrogens is 266 g/mol. The molecule has 21 heavy (non-hydrogen) atoms. The Labute approximate surface area is 122 Å². The monoisotopic (exact) mass is 279 g/mol. The summed E-state index contributed by atoms with van der Waals surface area (Å²) in [6, 6.07) is 15.0. The fourth-order valence-electron chi connectivity index (χ4n) is 1.68. The van der Waals surface area contributed by atoms with Gasteiger partial charge in [-0.3, -0.25) is 4.79 Å². The molecule has 0 aliphatic heterocycles. The zero-order chi connectivity index (χ0) is 15.1. The molecule has 0 bridgehead atoms. The fraction of sp³-hybridized carbons (Fsp3) is 0.0588. The lowest BCUT2D eigenvalue weighted by Crippen LogP contribution is -1.96. The van der Waals surface area contributed by atoms with Crippen molar-refractivity contribution in [3.8, 4) is 17.6 Å². The van der Waals surface area contributed by atoms with Gasteiger partial charge in [0.25, 0.3) is 0 Å². The van der Waals surface area contributed by atoms with E-state index in [-0.39, 0.29) is 18.1 Å². The maximum absolute atomic E-state index is 12.0. The molecule has 104 valence electrons. The minimum Gasteiger partial charge on any atom is -0.508 e. The summed E-state index contributed by atoms with van der Waals surface area (Å²) < 4.78 is 5.12. The topological polar surface area (TPSA) is 70.3 Å². The molecule has 0 heterocycles. The van der Waals surface area contributed by atoms with Gasteiger partial charge in [0.1, 0.15) is 17.6 Å². The van der Waals surface area contributed by atoms with Crippen LogP contribution in [0.2, 0.25) is 0 Å². The number of rotatable bonds is 5. The minimum absolute atomic E-state index is 0.0198. The molecule has 0 aliphatic rings. The van der Waals surface area contributed by atoms with E-state index in [1.54, 1.807) is 54.6 Å². The van der Waals surface area contributed by atoms with Crippen molar-refractivity contribution in [1.29, 1.82) is 5.26 Å². The lowest BCUT2D eigenvalue weighted by atomic mass is 10.1. The zero-order valence-corrected chi connectivity index (χ0v) is 11.2. The van der Waals surface area contributed by atoms with Gasteiger partial charge in [0.2, 0.25) is 0 Å². The van der Waals surface area contributed by atoms with E-state index in [2.05, 4.69) is 0 Å². The average Bonchev–Trinajstić information content (AvgIpc) is 2.52.